The largest absolute Gasteiger partial charge is 0.381 e. The number of hydrogen-bond acceptors (Lipinski definition) is 6. The van der Waals surface area contributed by atoms with Crippen LogP contribution in [-0.4, -0.2) is 60.9 Å². The van der Waals surface area contributed by atoms with Crippen molar-refractivity contribution in [1.82, 2.24) is 14.5 Å². The van der Waals surface area contributed by atoms with Gasteiger partial charge in [0.05, 0.1) is 11.2 Å². The molecule has 6 nitrogen and oxygen atoms in total. The van der Waals surface area contributed by atoms with Crippen molar-refractivity contribution < 1.29 is 4.74 Å². The van der Waals surface area contributed by atoms with Crippen LogP contribution in [0.25, 0.3) is 15.9 Å². The Bertz CT molecular complexity index is 1090. The fourth-order valence-electron chi connectivity index (χ4n) is 4.61. The van der Waals surface area contributed by atoms with Gasteiger partial charge >= 0.3 is 0 Å². The van der Waals surface area contributed by atoms with Gasteiger partial charge in [0, 0.05) is 43.4 Å². The SMILES string of the molecule is CN1CCCN(c2ccc(-n3cnc4cc(CC5CCOCC5)sc4c3=O)cc2)CC1. The van der Waals surface area contributed by atoms with Gasteiger partial charge in [-0.1, -0.05) is 0 Å². The maximum Gasteiger partial charge on any atom is 0.275 e. The van der Waals surface area contributed by atoms with Gasteiger partial charge in [0.25, 0.3) is 5.56 Å². The lowest BCUT2D eigenvalue weighted by Gasteiger charge is -2.23. The van der Waals surface area contributed by atoms with Crippen LogP contribution in [0.3, 0.4) is 0 Å². The monoisotopic (exact) mass is 438 g/mol. The van der Waals surface area contributed by atoms with Crippen molar-refractivity contribution in [1.29, 1.82) is 0 Å². The number of rotatable bonds is 4. The van der Waals surface area contributed by atoms with Crippen molar-refractivity contribution in [2.75, 3.05) is 51.3 Å². The molecule has 0 radical (unpaired) electrons. The zero-order chi connectivity index (χ0) is 21.2. The first-order chi connectivity index (χ1) is 15.2. The number of benzene rings is 1. The van der Waals surface area contributed by atoms with Gasteiger partial charge in [-0.3, -0.25) is 9.36 Å². The molecule has 0 unspecified atom stereocenters. The van der Waals surface area contributed by atoms with Gasteiger partial charge in [0.2, 0.25) is 0 Å². The van der Waals surface area contributed by atoms with Crippen LogP contribution in [0.5, 0.6) is 0 Å². The summed E-state index contributed by atoms with van der Waals surface area (Å²) >= 11 is 1.61. The van der Waals surface area contributed by atoms with E-state index in [-0.39, 0.29) is 5.56 Å². The highest BCUT2D eigenvalue weighted by molar-refractivity contribution is 7.18. The lowest BCUT2D eigenvalue weighted by atomic mass is 9.96. The van der Waals surface area contributed by atoms with E-state index in [0.717, 1.165) is 74.6 Å². The highest BCUT2D eigenvalue weighted by Gasteiger charge is 2.18. The molecule has 31 heavy (non-hydrogen) atoms. The number of likely N-dealkylation sites (N-methyl/N-ethyl adjacent to an activating group) is 1. The lowest BCUT2D eigenvalue weighted by Crippen LogP contribution is -2.28. The fraction of sp³-hybridized carbons (Fsp3) is 0.500. The normalized spacial score (nSPS) is 19.1. The molecule has 7 heteroatoms. The predicted octanol–water partition coefficient (Wildman–Crippen LogP) is 3.56. The standard InChI is InChI=1S/C24H30N4O2S/c1-26-9-2-10-27(12-11-26)19-3-5-20(6-4-19)28-17-25-22-16-21(31-23(22)24(28)29)15-18-7-13-30-14-8-18/h3-6,16-18H,2,7-15H2,1H3. The molecule has 0 N–H and O–H groups in total. The number of nitrogens with zero attached hydrogens (tertiary/aromatic N) is 4. The second-order valence-electron chi connectivity index (χ2n) is 8.77. The molecule has 3 aromatic rings. The summed E-state index contributed by atoms with van der Waals surface area (Å²) in [6.07, 6.45) is 6.07. The number of fused-ring (bicyclic) bond motifs is 1. The third-order valence-corrected chi connectivity index (χ3v) is 7.67. The summed E-state index contributed by atoms with van der Waals surface area (Å²) in [5.41, 5.74) is 2.93. The lowest BCUT2D eigenvalue weighted by molar-refractivity contribution is 0.0667. The zero-order valence-corrected chi connectivity index (χ0v) is 18.9. The average Bonchev–Trinajstić information content (AvgIpc) is 3.08. The average molecular weight is 439 g/mol. The minimum atomic E-state index is 0.0253. The van der Waals surface area contributed by atoms with Gasteiger partial charge in [-0.05, 0) is 75.5 Å². The van der Waals surface area contributed by atoms with E-state index in [1.807, 2.05) is 12.1 Å². The summed E-state index contributed by atoms with van der Waals surface area (Å²) in [5, 5.41) is 0. The number of aromatic nitrogens is 2. The first-order valence-electron chi connectivity index (χ1n) is 11.3. The molecule has 2 saturated heterocycles. The second-order valence-corrected chi connectivity index (χ2v) is 9.90. The van der Waals surface area contributed by atoms with Crippen molar-refractivity contribution >= 4 is 27.2 Å². The van der Waals surface area contributed by atoms with Crippen molar-refractivity contribution in [3.8, 4) is 5.69 Å². The summed E-state index contributed by atoms with van der Waals surface area (Å²) in [5.74, 6) is 0.648. The molecule has 2 aromatic heterocycles. The first-order valence-corrected chi connectivity index (χ1v) is 12.1. The Labute approximate surface area is 187 Å². The molecular weight excluding hydrogens is 408 g/mol. The zero-order valence-electron chi connectivity index (χ0n) is 18.1. The summed E-state index contributed by atoms with van der Waals surface area (Å²) in [6.45, 7) is 6.04. The van der Waals surface area contributed by atoms with Crippen LogP contribution in [0.15, 0.2) is 41.5 Å². The third kappa shape index (κ3) is 4.54. The molecule has 2 aliphatic rings. The molecule has 4 heterocycles. The van der Waals surface area contributed by atoms with Crippen LogP contribution in [0.2, 0.25) is 0 Å². The Morgan fingerprint density at radius 3 is 2.65 bits per heavy atom. The van der Waals surface area contributed by atoms with Crippen molar-refractivity contribution in [2.24, 2.45) is 5.92 Å². The predicted molar refractivity (Wildman–Crippen MR) is 127 cm³/mol. The maximum absolute atomic E-state index is 13.2. The van der Waals surface area contributed by atoms with E-state index in [1.165, 1.54) is 17.0 Å². The van der Waals surface area contributed by atoms with E-state index in [2.05, 4.69) is 40.0 Å². The molecule has 2 fully saturated rings. The van der Waals surface area contributed by atoms with Gasteiger partial charge in [0.15, 0.2) is 0 Å². The van der Waals surface area contributed by atoms with Crippen LogP contribution in [0, 0.1) is 5.92 Å². The van der Waals surface area contributed by atoms with Crippen LogP contribution in [0.1, 0.15) is 24.1 Å². The van der Waals surface area contributed by atoms with Crippen LogP contribution < -0.4 is 10.5 Å². The molecule has 5 rings (SSSR count). The molecule has 2 aliphatic heterocycles. The summed E-state index contributed by atoms with van der Waals surface area (Å²) < 4.78 is 7.90. The topological polar surface area (TPSA) is 50.6 Å². The van der Waals surface area contributed by atoms with Crippen LogP contribution in [-0.2, 0) is 11.2 Å². The molecule has 0 atom stereocenters. The Balaban J connectivity index is 1.37. The van der Waals surface area contributed by atoms with E-state index in [9.17, 15) is 4.79 Å². The molecule has 0 spiro atoms. The number of ether oxygens (including phenoxy) is 1. The second kappa shape index (κ2) is 9.10. The van der Waals surface area contributed by atoms with E-state index < -0.39 is 0 Å². The number of thiophene rings is 1. The maximum atomic E-state index is 13.2. The molecule has 0 saturated carbocycles. The number of hydrogen-bond donors (Lipinski definition) is 0. The third-order valence-electron chi connectivity index (χ3n) is 6.53. The van der Waals surface area contributed by atoms with Crippen molar-refractivity contribution in [3.63, 3.8) is 0 Å². The van der Waals surface area contributed by atoms with Crippen molar-refractivity contribution in [2.45, 2.75) is 25.7 Å². The minimum Gasteiger partial charge on any atom is -0.381 e. The molecule has 0 amide bonds. The van der Waals surface area contributed by atoms with Gasteiger partial charge in [-0.15, -0.1) is 11.3 Å². The van der Waals surface area contributed by atoms with Gasteiger partial charge in [-0.25, -0.2) is 4.98 Å². The van der Waals surface area contributed by atoms with Gasteiger partial charge in [-0.2, -0.15) is 0 Å². The van der Waals surface area contributed by atoms with E-state index >= 15 is 0 Å². The quantitative estimate of drug-likeness (QED) is 0.623. The Morgan fingerprint density at radius 1 is 1.06 bits per heavy atom. The van der Waals surface area contributed by atoms with E-state index in [0.29, 0.717) is 5.92 Å². The summed E-state index contributed by atoms with van der Waals surface area (Å²) in [7, 11) is 2.18. The minimum absolute atomic E-state index is 0.0253. The highest BCUT2D eigenvalue weighted by Crippen LogP contribution is 2.27. The molecule has 0 aliphatic carbocycles. The smallest absolute Gasteiger partial charge is 0.275 e. The van der Waals surface area contributed by atoms with Crippen LogP contribution in [0.4, 0.5) is 5.69 Å². The summed E-state index contributed by atoms with van der Waals surface area (Å²) in [4.78, 5) is 23.9. The first kappa shape index (κ1) is 20.7. The molecule has 164 valence electrons. The molecular formula is C24H30N4O2S. The summed E-state index contributed by atoms with van der Waals surface area (Å²) in [6, 6.07) is 10.4. The molecule has 0 bridgehead atoms. The Morgan fingerprint density at radius 2 is 1.84 bits per heavy atom. The highest BCUT2D eigenvalue weighted by atomic mass is 32.1. The van der Waals surface area contributed by atoms with Gasteiger partial charge in [0.1, 0.15) is 11.0 Å². The Hall–Kier alpha value is -2.22. The van der Waals surface area contributed by atoms with Crippen LogP contribution >= 0.6 is 11.3 Å². The van der Waals surface area contributed by atoms with E-state index in [4.69, 9.17) is 4.74 Å². The van der Waals surface area contributed by atoms with Gasteiger partial charge < -0.3 is 14.5 Å². The number of anilines is 1. The molecule has 1 aromatic carbocycles. The van der Waals surface area contributed by atoms with Crippen molar-refractivity contribution in [3.05, 3.63) is 51.9 Å². The van der Waals surface area contributed by atoms with E-state index in [1.54, 1.807) is 22.2 Å². The fourth-order valence-corrected chi connectivity index (χ4v) is 5.76. The Kier molecular flexibility index (Phi) is 6.07.